The molecule has 1 aliphatic rings. The number of hydrogen-bond donors (Lipinski definition) is 0. The van der Waals surface area contributed by atoms with Crippen LogP contribution in [0.15, 0.2) is 29.2 Å². The quantitative estimate of drug-likeness (QED) is 0.802. The lowest BCUT2D eigenvalue weighted by Crippen LogP contribution is -2.38. The average Bonchev–Trinajstić information content (AvgIpc) is 2.39. The van der Waals surface area contributed by atoms with Crippen LogP contribution in [-0.4, -0.2) is 31.7 Å². The number of halogens is 2. The van der Waals surface area contributed by atoms with Crippen LogP contribution in [0.2, 0.25) is 0 Å². The van der Waals surface area contributed by atoms with Gasteiger partial charge in [0.1, 0.15) is 5.82 Å². The molecule has 1 heterocycles. The fraction of sp³-hybridized carbons (Fsp3) is 0.500. The molecular formula is C12H15ClFNO2S. The van der Waals surface area contributed by atoms with Crippen molar-refractivity contribution in [2.45, 2.75) is 17.7 Å². The Morgan fingerprint density at radius 2 is 1.78 bits per heavy atom. The average molecular weight is 292 g/mol. The number of benzene rings is 1. The van der Waals surface area contributed by atoms with Crippen molar-refractivity contribution < 1.29 is 12.8 Å². The number of sulfonamides is 1. The molecule has 2 rings (SSSR count). The van der Waals surface area contributed by atoms with E-state index in [9.17, 15) is 12.8 Å². The first-order valence-corrected chi connectivity index (χ1v) is 7.83. The van der Waals surface area contributed by atoms with E-state index in [0.29, 0.717) is 24.9 Å². The summed E-state index contributed by atoms with van der Waals surface area (Å²) in [5.41, 5.74) is 0. The van der Waals surface area contributed by atoms with E-state index in [4.69, 9.17) is 11.6 Å². The topological polar surface area (TPSA) is 37.4 Å². The third-order valence-electron chi connectivity index (χ3n) is 3.24. The standard InChI is InChI=1S/C12H15ClFNO2S/c13-9-10-5-7-15(8-6-10)18(16,17)12-3-1-11(14)2-4-12/h1-4,10H,5-9H2. The largest absolute Gasteiger partial charge is 0.243 e. The fourth-order valence-corrected chi connectivity index (χ4v) is 3.84. The second-order valence-corrected chi connectivity index (χ2v) is 6.70. The van der Waals surface area contributed by atoms with E-state index in [1.54, 1.807) is 0 Å². The Balaban J connectivity index is 2.15. The molecule has 3 nitrogen and oxygen atoms in total. The fourth-order valence-electron chi connectivity index (χ4n) is 2.06. The predicted octanol–water partition coefficient (Wildman–Crippen LogP) is 2.47. The third kappa shape index (κ3) is 2.84. The number of piperidine rings is 1. The molecule has 6 heteroatoms. The number of alkyl halides is 1. The first-order chi connectivity index (χ1) is 8.54. The third-order valence-corrected chi connectivity index (χ3v) is 5.59. The van der Waals surface area contributed by atoms with Crippen LogP contribution in [0.25, 0.3) is 0 Å². The highest BCUT2D eigenvalue weighted by Crippen LogP contribution is 2.24. The molecule has 1 saturated heterocycles. The Labute approximate surface area is 112 Å². The van der Waals surface area contributed by atoms with E-state index in [1.807, 2.05) is 0 Å². The molecule has 0 N–H and O–H groups in total. The van der Waals surface area contributed by atoms with Gasteiger partial charge in [-0.15, -0.1) is 11.6 Å². The van der Waals surface area contributed by atoms with Gasteiger partial charge in [0.2, 0.25) is 10.0 Å². The molecule has 0 aromatic heterocycles. The van der Waals surface area contributed by atoms with Gasteiger partial charge in [-0.25, -0.2) is 12.8 Å². The van der Waals surface area contributed by atoms with Crippen molar-refractivity contribution in [3.05, 3.63) is 30.1 Å². The molecule has 0 saturated carbocycles. The van der Waals surface area contributed by atoms with E-state index < -0.39 is 15.8 Å². The predicted molar refractivity (Wildman–Crippen MR) is 68.6 cm³/mol. The lowest BCUT2D eigenvalue weighted by molar-refractivity contribution is 0.290. The molecule has 1 aliphatic heterocycles. The molecule has 18 heavy (non-hydrogen) atoms. The van der Waals surface area contributed by atoms with Gasteiger partial charge in [-0.3, -0.25) is 0 Å². The van der Waals surface area contributed by atoms with E-state index in [0.717, 1.165) is 12.8 Å². The molecule has 0 bridgehead atoms. The Morgan fingerprint density at radius 3 is 2.28 bits per heavy atom. The second-order valence-electron chi connectivity index (χ2n) is 4.46. The molecule has 1 fully saturated rings. The maximum Gasteiger partial charge on any atom is 0.243 e. The summed E-state index contributed by atoms with van der Waals surface area (Å²) < 4.78 is 38.8. The van der Waals surface area contributed by atoms with Crippen LogP contribution in [0.5, 0.6) is 0 Å². The molecule has 0 atom stereocenters. The zero-order valence-corrected chi connectivity index (χ0v) is 11.4. The summed E-state index contributed by atoms with van der Waals surface area (Å²) in [5, 5.41) is 0. The summed E-state index contributed by atoms with van der Waals surface area (Å²) in [6.45, 7) is 0.966. The highest BCUT2D eigenvalue weighted by molar-refractivity contribution is 7.89. The van der Waals surface area contributed by atoms with Gasteiger partial charge in [0, 0.05) is 19.0 Å². The van der Waals surface area contributed by atoms with Crippen LogP contribution in [0.1, 0.15) is 12.8 Å². The second kappa shape index (κ2) is 5.55. The van der Waals surface area contributed by atoms with Crippen molar-refractivity contribution >= 4 is 21.6 Å². The molecule has 0 radical (unpaired) electrons. The summed E-state index contributed by atoms with van der Waals surface area (Å²) in [7, 11) is -3.49. The Morgan fingerprint density at radius 1 is 1.22 bits per heavy atom. The highest BCUT2D eigenvalue weighted by Gasteiger charge is 2.28. The van der Waals surface area contributed by atoms with Gasteiger partial charge in [0.15, 0.2) is 0 Å². The van der Waals surface area contributed by atoms with Crippen LogP contribution in [-0.2, 0) is 10.0 Å². The molecule has 0 amide bonds. The van der Waals surface area contributed by atoms with Crippen molar-refractivity contribution in [1.29, 1.82) is 0 Å². The first-order valence-electron chi connectivity index (χ1n) is 5.85. The van der Waals surface area contributed by atoms with Gasteiger partial charge in [0.05, 0.1) is 4.90 Å². The number of nitrogens with zero attached hydrogens (tertiary/aromatic N) is 1. The van der Waals surface area contributed by atoms with Crippen LogP contribution in [0.3, 0.4) is 0 Å². The van der Waals surface area contributed by atoms with Gasteiger partial charge >= 0.3 is 0 Å². The van der Waals surface area contributed by atoms with Crippen molar-refractivity contribution in [2.24, 2.45) is 5.92 Å². The summed E-state index contributed by atoms with van der Waals surface area (Å²) in [4.78, 5) is 0.147. The van der Waals surface area contributed by atoms with Crippen molar-refractivity contribution in [3.8, 4) is 0 Å². The Hall–Kier alpha value is -0.650. The van der Waals surface area contributed by atoms with Crippen molar-refractivity contribution in [2.75, 3.05) is 19.0 Å². The summed E-state index contributed by atoms with van der Waals surface area (Å²) in [5.74, 6) is 0.533. The van der Waals surface area contributed by atoms with Gasteiger partial charge in [-0.1, -0.05) is 0 Å². The van der Waals surface area contributed by atoms with Gasteiger partial charge in [0.25, 0.3) is 0 Å². The van der Waals surface area contributed by atoms with E-state index in [2.05, 4.69) is 0 Å². The molecule has 0 spiro atoms. The molecule has 0 unspecified atom stereocenters. The maximum absolute atomic E-state index is 12.8. The van der Waals surface area contributed by atoms with Crippen molar-refractivity contribution in [3.63, 3.8) is 0 Å². The highest BCUT2D eigenvalue weighted by atomic mass is 35.5. The molecule has 1 aromatic carbocycles. The number of rotatable bonds is 3. The zero-order valence-electron chi connectivity index (χ0n) is 9.85. The Bertz CT molecular complexity index is 495. The van der Waals surface area contributed by atoms with Gasteiger partial charge < -0.3 is 0 Å². The maximum atomic E-state index is 12.8. The SMILES string of the molecule is O=S(=O)(c1ccc(F)cc1)N1CCC(CCl)CC1. The number of hydrogen-bond acceptors (Lipinski definition) is 2. The molecule has 100 valence electrons. The van der Waals surface area contributed by atoms with Crippen LogP contribution in [0, 0.1) is 11.7 Å². The van der Waals surface area contributed by atoms with E-state index >= 15 is 0 Å². The summed E-state index contributed by atoms with van der Waals surface area (Å²) in [6, 6.07) is 4.94. The zero-order chi connectivity index (χ0) is 13.2. The Kier molecular flexibility index (Phi) is 4.25. The first kappa shape index (κ1) is 13.8. The molecule has 1 aromatic rings. The minimum atomic E-state index is -3.49. The normalized spacial score (nSPS) is 19.0. The molecule has 0 aliphatic carbocycles. The van der Waals surface area contributed by atoms with Gasteiger partial charge in [-0.05, 0) is 43.0 Å². The lowest BCUT2D eigenvalue weighted by Gasteiger charge is -2.30. The monoisotopic (exact) mass is 291 g/mol. The van der Waals surface area contributed by atoms with Crippen molar-refractivity contribution in [1.82, 2.24) is 4.31 Å². The lowest BCUT2D eigenvalue weighted by atomic mass is 10.0. The summed E-state index contributed by atoms with van der Waals surface area (Å²) >= 11 is 5.77. The van der Waals surface area contributed by atoms with E-state index in [-0.39, 0.29) is 4.90 Å². The van der Waals surface area contributed by atoms with Crippen LogP contribution >= 0.6 is 11.6 Å². The van der Waals surface area contributed by atoms with Gasteiger partial charge in [-0.2, -0.15) is 4.31 Å². The summed E-state index contributed by atoms with van der Waals surface area (Å²) in [6.07, 6.45) is 1.56. The van der Waals surface area contributed by atoms with Crippen LogP contribution in [0.4, 0.5) is 4.39 Å². The smallest absolute Gasteiger partial charge is 0.207 e. The van der Waals surface area contributed by atoms with Crippen LogP contribution < -0.4 is 0 Å². The van der Waals surface area contributed by atoms with E-state index in [1.165, 1.54) is 28.6 Å². The minimum absolute atomic E-state index is 0.147. The molecular weight excluding hydrogens is 277 g/mol. The minimum Gasteiger partial charge on any atom is -0.207 e.